The number of nitrogens with zero attached hydrogens (tertiary/aromatic N) is 2. The lowest BCUT2D eigenvalue weighted by Gasteiger charge is -2.17. The maximum Gasteiger partial charge on any atom is 0.677 e. The molecule has 0 radical (unpaired) electrons. The van der Waals surface area contributed by atoms with Crippen LogP contribution >= 0.6 is 0 Å². The fourth-order valence-electron chi connectivity index (χ4n) is 3.62. The maximum absolute atomic E-state index is 13.9. The first-order chi connectivity index (χ1) is 13.2. The highest BCUT2D eigenvalue weighted by Gasteiger charge is 2.29. The van der Waals surface area contributed by atoms with Crippen LogP contribution in [0, 0.1) is 13.8 Å². The molecule has 1 aromatic carbocycles. The number of aliphatic imine (C=N–C) groups is 1. The number of aryl methyl sites for hydroxylation is 2. The molecule has 0 aliphatic carbocycles. The van der Waals surface area contributed by atoms with E-state index in [0.717, 1.165) is 21.3 Å². The predicted octanol–water partition coefficient (Wildman–Crippen LogP) is 4.84. The van der Waals surface area contributed by atoms with E-state index in [4.69, 9.17) is 4.74 Å². The van der Waals surface area contributed by atoms with Gasteiger partial charge in [0.15, 0.2) is 0 Å². The Kier molecular flexibility index (Phi) is 5.36. The van der Waals surface area contributed by atoms with Gasteiger partial charge in [-0.15, -0.1) is 0 Å². The summed E-state index contributed by atoms with van der Waals surface area (Å²) in [5.41, 5.74) is 5.45. The van der Waals surface area contributed by atoms with Crippen LogP contribution < -0.4 is 0 Å². The number of esters is 1. The van der Waals surface area contributed by atoms with Crippen LogP contribution in [-0.2, 0) is 4.74 Å². The monoisotopic (exact) mass is 382 g/mol. The largest absolute Gasteiger partial charge is 0.677 e. The van der Waals surface area contributed by atoms with E-state index in [9.17, 15) is 13.4 Å². The van der Waals surface area contributed by atoms with Gasteiger partial charge in [0, 0.05) is 22.7 Å². The standard InChI is InChI=1S/C21H21BF2N2O2/c1-12-9-14(3)25-19(12)18(16-7-6-8-17(11-16)21(27)28-5)20-13(2)10-15(4)26(20)22(23)24/h6-11H,1-5H3/b19-18-. The van der Waals surface area contributed by atoms with Crippen LogP contribution in [0.1, 0.15) is 46.7 Å². The van der Waals surface area contributed by atoms with Crippen LogP contribution in [0.3, 0.4) is 0 Å². The van der Waals surface area contributed by atoms with Crippen molar-refractivity contribution in [1.82, 2.24) is 4.48 Å². The molecule has 2 heterocycles. The maximum atomic E-state index is 13.9. The molecular weight excluding hydrogens is 361 g/mol. The summed E-state index contributed by atoms with van der Waals surface area (Å²) in [6.45, 7) is 7.22. The summed E-state index contributed by atoms with van der Waals surface area (Å²) >= 11 is 0. The molecule has 0 amide bonds. The first-order valence-corrected chi connectivity index (χ1v) is 8.88. The van der Waals surface area contributed by atoms with E-state index in [0.29, 0.717) is 33.8 Å². The van der Waals surface area contributed by atoms with Crippen molar-refractivity contribution < 1.29 is 18.2 Å². The molecule has 144 valence electrons. The molecule has 0 spiro atoms. The van der Waals surface area contributed by atoms with E-state index in [1.54, 1.807) is 44.2 Å². The van der Waals surface area contributed by atoms with E-state index in [1.165, 1.54) is 7.11 Å². The number of benzene rings is 1. The fraction of sp³-hybridized carbons (Fsp3) is 0.238. The number of methoxy groups -OCH3 is 1. The molecule has 0 N–H and O–H groups in total. The van der Waals surface area contributed by atoms with Crippen LogP contribution in [0.15, 0.2) is 52.7 Å². The topological polar surface area (TPSA) is 43.6 Å². The summed E-state index contributed by atoms with van der Waals surface area (Å²) in [4.78, 5) is 16.6. The summed E-state index contributed by atoms with van der Waals surface area (Å²) < 4.78 is 33.7. The van der Waals surface area contributed by atoms with Crippen molar-refractivity contribution in [3.05, 3.63) is 75.8 Å². The predicted molar refractivity (Wildman–Crippen MR) is 108 cm³/mol. The molecule has 4 nitrogen and oxygen atoms in total. The molecule has 0 atom stereocenters. The minimum absolute atomic E-state index is 0.350. The third-order valence-electron chi connectivity index (χ3n) is 4.75. The lowest BCUT2D eigenvalue weighted by atomic mass is 9.93. The summed E-state index contributed by atoms with van der Waals surface area (Å²) in [7, 11) is -1.39. The molecule has 1 aliphatic heterocycles. The molecule has 0 bridgehead atoms. The van der Waals surface area contributed by atoms with Crippen LogP contribution in [0.25, 0.3) is 5.57 Å². The number of hydrogen-bond acceptors (Lipinski definition) is 3. The molecule has 0 saturated carbocycles. The van der Waals surface area contributed by atoms with E-state index in [-0.39, 0.29) is 0 Å². The average molecular weight is 382 g/mol. The number of carbonyl (C=O) groups excluding carboxylic acids is 1. The smallest absolute Gasteiger partial charge is 0.465 e. The number of rotatable bonds is 4. The SMILES string of the molecule is COC(=O)c1cccc(/C(=C2/N=C(C)C=C2C)c2c(C)cc(C)n2B(F)F)c1. The Morgan fingerprint density at radius 3 is 2.36 bits per heavy atom. The molecule has 0 saturated heterocycles. The van der Waals surface area contributed by atoms with E-state index < -0.39 is 13.4 Å². The number of carbonyl (C=O) groups is 1. The second kappa shape index (κ2) is 7.58. The third-order valence-corrected chi connectivity index (χ3v) is 4.75. The molecule has 3 rings (SSSR count). The molecule has 2 aromatic rings. The molecular formula is C21H21BF2N2O2. The minimum Gasteiger partial charge on any atom is -0.465 e. The van der Waals surface area contributed by atoms with Crippen molar-refractivity contribution in [1.29, 1.82) is 0 Å². The Labute approximate surface area is 163 Å². The van der Waals surface area contributed by atoms with Gasteiger partial charge in [-0.2, -0.15) is 0 Å². The van der Waals surface area contributed by atoms with Gasteiger partial charge in [0.2, 0.25) is 0 Å². The van der Waals surface area contributed by atoms with Gasteiger partial charge in [0.05, 0.1) is 18.4 Å². The van der Waals surface area contributed by atoms with Crippen LogP contribution in [0.4, 0.5) is 8.63 Å². The highest BCUT2D eigenvalue weighted by molar-refractivity contribution is 6.41. The fourth-order valence-corrected chi connectivity index (χ4v) is 3.62. The van der Waals surface area contributed by atoms with Gasteiger partial charge in [0.1, 0.15) is 0 Å². The van der Waals surface area contributed by atoms with Crippen molar-refractivity contribution in [2.75, 3.05) is 7.11 Å². The minimum atomic E-state index is -2.70. The van der Waals surface area contributed by atoms with E-state index in [2.05, 4.69) is 4.99 Å². The Balaban J connectivity index is 2.37. The summed E-state index contributed by atoms with van der Waals surface area (Å²) in [5.74, 6) is -0.485. The zero-order chi connectivity index (χ0) is 20.6. The van der Waals surface area contributed by atoms with E-state index >= 15 is 0 Å². The molecule has 28 heavy (non-hydrogen) atoms. The van der Waals surface area contributed by atoms with Gasteiger partial charge in [-0.3, -0.25) is 13.6 Å². The van der Waals surface area contributed by atoms with Crippen molar-refractivity contribution in [2.24, 2.45) is 4.99 Å². The van der Waals surface area contributed by atoms with Crippen LogP contribution in [0.2, 0.25) is 0 Å². The van der Waals surface area contributed by atoms with Gasteiger partial charge in [-0.05, 0) is 68.7 Å². The van der Waals surface area contributed by atoms with Gasteiger partial charge in [-0.25, -0.2) is 4.79 Å². The number of allylic oxidation sites excluding steroid dienone is 2. The van der Waals surface area contributed by atoms with Gasteiger partial charge in [-0.1, -0.05) is 12.1 Å². The van der Waals surface area contributed by atoms with Crippen LogP contribution in [-0.4, -0.2) is 30.7 Å². The number of halogens is 2. The van der Waals surface area contributed by atoms with Gasteiger partial charge in [0.25, 0.3) is 0 Å². The quantitative estimate of drug-likeness (QED) is 0.561. The lowest BCUT2D eigenvalue weighted by molar-refractivity contribution is 0.0600. The van der Waals surface area contributed by atoms with Crippen molar-refractivity contribution in [3.63, 3.8) is 0 Å². The number of ether oxygens (including phenoxy) is 1. The third kappa shape index (κ3) is 3.44. The highest BCUT2D eigenvalue weighted by Crippen LogP contribution is 2.37. The summed E-state index contributed by atoms with van der Waals surface area (Å²) in [6, 6.07) is 8.53. The van der Waals surface area contributed by atoms with E-state index in [1.807, 2.05) is 19.9 Å². The second-order valence-corrected chi connectivity index (χ2v) is 6.84. The summed E-state index contributed by atoms with van der Waals surface area (Å²) in [6.07, 6.45) is 1.91. The normalized spacial score (nSPS) is 15.2. The Bertz CT molecular complexity index is 1050. The first-order valence-electron chi connectivity index (χ1n) is 8.88. The zero-order valence-electron chi connectivity index (χ0n) is 16.5. The Morgan fingerprint density at radius 2 is 1.79 bits per heavy atom. The number of hydrogen-bond donors (Lipinski definition) is 0. The molecule has 0 fully saturated rings. The highest BCUT2D eigenvalue weighted by atomic mass is 19.2. The summed E-state index contributed by atoms with van der Waals surface area (Å²) in [5, 5.41) is 0. The first kappa shape index (κ1) is 19.8. The van der Waals surface area contributed by atoms with Crippen molar-refractivity contribution >= 4 is 24.7 Å². The second-order valence-electron chi connectivity index (χ2n) is 6.84. The number of aromatic nitrogens is 1. The Morgan fingerprint density at radius 1 is 1.11 bits per heavy atom. The van der Waals surface area contributed by atoms with Crippen molar-refractivity contribution in [2.45, 2.75) is 27.7 Å². The zero-order valence-corrected chi connectivity index (χ0v) is 16.5. The van der Waals surface area contributed by atoms with Crippen molar-refractivity contribution in [3.8, 4) is 0 Å². The molecule has 0 unspecified atom stereocenters. The average Bonchev–Trinajstić information content (AvgIpc) is 3.13. The van der Waals surface area contributed by atoms with Crippen LogP contribution in [0.5, 0.6) is 0 Å². The Hall–Kier alpha value is -2.96. The van der Waals surface area contributed by atoms with Gasteiger partial charge >= 0.3 is 13.4 Å². The molecule has 1 aromatic heterocycles. The molecule has 7 heteroatoms. The molecule has 1 aliphatic rings. The lowest BCUT2D eigenvalue weighted by Crippen LogP contribution is -2.18. The van der Waals surface area contributed by atoms with Gasteiger partial charge < -0.3 is 9.21 Å².